The van der Waals surface area contributed by atoms with Crippen LogP contribution in [-0.4, -0.2) is 11.9 Å². The number of benzene rings is 3. The summed E-state index contributed by atoms with van der Waals surface area (Å²) < 4.78 is 0. The fourth-order valence-electron chi connectivity index (χ4n) is 6.01. The number of rotatable bonds is 23. The van der Waals surface area contributed by atoms with E-state index in [1.807, 2.05) is 0 Å². The van der Waals surface area contributed by atoms with E-state index >= 15 is 0 Å². The van der Waals surface area contributed by atoms with E-state index in [1.165, 1.54) is 111 Å². The van der Waals surface area contributed by atoms with Crippen LogP contribution in [0.3, 0.4) is 0 Å². The molecule has 0 N–H and O–H groups in total. The van der Waals surface area contributed by atoms with Gasteiger partial charge < -0.3 is 10.2 Å². The molecule has 0 radical (unpaired) electrons. The van der Waals surface area contributed by atoms with Gasteiger partial charge in [0.05, 0.1) is 17.1 Å². The first kappa shape index (κ1) is 46.1. The van der Waals surface area contributed by atoms with Crippen LogP contribution in [0.25, 0.3) is 0 Å². The quantitative estimate of drug-likeness (QED) is 0.0552. The first-order chi connectivity index (χ1) is 24.3. The summed E-state index contributed by atoms with van der Waals surface area (Å²) in [6, 6.07) is 18.6. The molecule has 5 heteroatoms. The van der Waals surface area contributed by atoms with Gasteiger partial charge in [-0.3, -0.25) is 9.98 Å². The summed E-state index contributed by atoms with van der Waals surface area (Å²) in [6.07, 6.45) is 25.5. The van der Waals surface area contributed by atoms with Gasteiger partial charge in [0, 0.05) is 6.21 Å². The minimum absolute atomic E-state index is 0. The summed E-state index contributed by atoms with van der Waals surface area (Å²) in [5, 5.41) is 21.6. The van der Waals surface area contributed by atoms with Gasteiger partial charge >= 0.3 is 16.5 Å². The average molecular weight is 740 g/mol. The van der Waals surface area contributed by atoms with E-state index in [2.05, 4.69) is 84.2 Å². The molecule has 3 aromatic rings. The van der Waals surface area contributed by atoms with E-state index in [1.54, 1.807) is 6.07 Å². The number of hydrogen-bond donors (Lipinski definition) is 0. The maximum absolute atomic E-state index is 10.9. The molecule has 0 saturated carbocycles. The van der Waals surface area contributed by atoms with Gasteiger partial charge in [-0.05, 0) is 129 Å². The largest absolute Gasteiger partial charge is 2.00 e. The molecule has 3 rings (SSSR count). The molecule has 284 valence electrons. The monoisotopic (exact) mass is 738 g/mol. The minimum Gasteiger partial charge on any atom is -0.873 e. The van der Waals surface area contributed by atoms with Gasteiger partial charge in [0.15, 0.2) is 0 Å². The molecule has 0 amide bonds. The van der Waals surface area contributed by atoms with Crippen molar-refractivity contribution in [3.8, 4) is 11.5 Å². The zero-order chi connectivity index (χ0) is 36.4. The number of nitrogens with zero attached hydrogens (tertiary/aromatic N) is 2. The summed E-state index contributed by atoms with van der Waals surface area (Å²) in [4.78, 5) is 10.2. The van der Waals surface area contributed by atoms with Crippen LogP contribution in [0.5, 0.6) is 11.5 Å². The van der Waals surface area contributed by atoms with Crippen molar-refractivity contribution >= 4 is 23.3 Å². The molecule has 0 bridgehead atoms. The van der Waals surface area contributed by atoms with Gasteiger partial charge in [-0.1, -0.05) is 123 Å². The molecule has 0 aliphatic heterocycles. The zero-order valence-electron chi connectivity index (χ0n) is 32.9. The number of aryl methyl sites for hydroxylation is 5. The normalized spacial score (nSPS) is 11.4. The summed E-state index contributed by atoms with van der Waals surface area (Å²) in [6.45, 7) is 13.5. The van der Waals surface area contributed by atoms with Crippen molar-refractivity contribution in [3.63, 3.8) is 0 Å². The van der Waals surface area contributed by atoms with Gasteiger partial charge in [-0.25, -0.2) is 0 Å². The van der Waals surface area contributed by atoms with Crippen LogP contribution in [0.15, 0.2) is 64.6 Å². The van der Waals surface area contributed by atoms with Gasteiger partial charge in [0.2, 0.25) is 0 Å². The second-order valence-electron chi connectivity index (χ2n) is 14.0. The Morgan fingerprint density at radius 1 is 0.471 bits per heavy atom. The third-order valence-electron chi connectivity index (χ3n) is 9.10. The van der Waals surface area contributed by atoms with Crippen LogP contribution >= 0.6 is 0 Å². The summed E-state index contributed by atoms with van der Waals surface area (Å²) in [5.74, 6) is -0.793. The topological polar surface area (TPSA) is 70.8 Å². The van der Waals surface area contributed by atoms with Crippen LogP contribution in [0.2, 0.25) is 0 Å². The molecule has 0 fully saturated rings. The molecule has 0 unspecified atom stereocenters. The van der Waals surface area contributed by atoms with Crippen LogP contribution in [0.1, 0.15) is 166 Å². The molecule has 0 atom stereocenters. The SMILES string of the molecule is CCCCCCC(C=Nc1cc(CCCC)cc(CCCC)c1)=Nc1cc(CCCC)cc(CCCC)c1.CCCCc1ccc([O-])c([O-])c1.[Ni+2]. The predicted molar refractivity (Wildman–Crippen MR) is 215 cm³/mol. The molecule has 4 nitrogen and oxygen atoms in total. The molecule has 0 aliphatic rings. The number of aliphatic imine (C=N–C) groups is 2. The van der Waals surface area contributed by atoms with E-state index in [4.69, 9.17) is 9.98 Å². The first-order valence-electron chi connectivity index (χ1n) is 20.2. The Morgan fingerprint density at radius 2 is 0.902 bits per heavy atom. The van der Waals surface area contributed by atoms with Gasteiger partial charge in [-0.15, -0.1) is 11.5 Å². The fourth-order valence-corrected chi connectivity index (χ4v) is 6.01. The van der Waals surface area contributed by atoms with Gasteiger partial charge in [0.25, 0.3) is 0 Å². The van der Waals surface area contributed by atoms with Crippen molar-refractivity contribution < 1.29 is 26.7 Å². The van der Waals surface area contributed by atoms with E-state index in [-0.39, 0.29) is 22.2 Å². The molecular formula is C46H68N2NiO2. The van der Waals surface area contributed by atoms with Crippen molar-refractivity contribution in [2.75, 3.05) is 0 Å². The van der Waals surface area contributed by atoms with Gasteiger partial charge in [-0.2, -0.15) is 0 Å². The minimum atomic E-state index is -0.407. The smallest absolute Gasteiger partial charge is 0.873 e. The predicted octanol–water partition coefficient (Wildman–Crippen LogP) is 12.7. The molecule has 51 heavy (non-hydrogen) atoms. The van der Waals surface area contributed by atoms with Crippen LogP contribution in [0, 0.1) is 0 Å². The Kier molecular flexibility index (Phi) is 25.9. The van der Waals surface area contributed by atoms with Crippen molar-refractivity contribution in [2.45, 2.75) is 170 Å². The molecule has 0 aliphatic carbocycles. The number of unbranched alkanes of at least 4 members (excludes halogenated alkanes) is 8. The second-order valence-corrected chi connectivity index (χ2v) is 14.0. The third-order valence-corrected chi connectivity index (χ3v) is 9.10. The Labute approximate surface area is 322 Å². The maximum atomic E-state index is 10.9. The van der Waals surface area contributed by atoms with E-state index in [9.17, 15) is 10.2 Å². The van der Waals surface area contributed by atoms with Crippen LogP contribution < -0.4 is 10.2 Å². The van der Waals surface area contributed by atoms with E-state index in [0.717, 1.165) is 74.0 Å². The van der Waals surface area contributed by atoms with Crippen molar-refractivity contribution in [2.24, 2.45) is 9.98 Å². The molecule has 0 aromatic heterocycles. The van der Waals surface area contributed by atoms with Crippen molar-refractivity contribution in [1.29, 1.82) is 0 Å². The molecule has 0 heterocycles. The second kappa shape index (κ2) is 28.7. The third kappa shape index (κ3) is 20.1. The zero-order valence-corrected chi connectivity index (χ0v) is 33.9. The van der Waals surface area contributed by atoms with Crippen LogP contribution in [0.4, 0.5) is 11.4 Å². The van der Waals surface area contributed by atoms with Crippen molar-refractivity contribution in [3.05, 3.63) is 82.4 Å². The first-order valence-corrected chi connectivity index (χ1v) is 20.2. The Morgan fingerprint density at radius 3 is 1.33 bits per heavy atom. The van der Waals surface area contributed by atoms with E-state index < -0.39 is 5.75 Å². The maximum Gasteiger partial charge on any atom is 2.00 e. The molecular weight excluding hydrogens is 671 g/mol. The Balaban J connectivity index is 0.000000843. The summed E-state index contributed by atoms with van der Waals surface area (Å²) in [5.41, 5.74) is 10.0. The van der Waals surface area contributed by atoms with Gasteiger partial charge in [0.1, 0.15) is 0 Å². The Hall–Kier alpha value is -2.91. The Bertz CT molecular complexity index is 1360. The summed E-state index contributed by atoms with van der Waals surface area (Å²) >= 11 is 0. The molecule has 3 aromatic carbocycles. The standard InChI is InChI=1S/C36H56N2.C10H14O2.Ni/c1-6-11-16-17-22-34(38-36-27-32(20-14-9-4)24-33(28-36)21-15-10-5)29-37-35-25-30(18-12-7-2)23-31(26-35)19-13-8-3;1-2-3-4-8-5-6-9(11)10(12)7-8;/h23-29H,6-22H2,1-5H3;5-7,11-12H,2-4H2,1H3;/q;;+2/p-2. The summed E-state index contributed by atoms with van der Waals surface area (Å²) in [7, 11) is 0. The fraction of sp³-hybridized carbons (Fsp3) is 0.565. The average Bonchev–Trinajstić information content (AvgIpc) is 3.12. The van der Waals surface area contributed by atoms with Crippen LogP contribution in [-0.2, 0) is 48.6 Å². The number of hydrogen-bond acceptors (Lipinski definition) is 4. The van der Waals surface area contributed by atoms with Crippen molar-refractivity contribution in [1.82, 2.24) is 0 Å². The molecule has 0 saturated heterocycles. The molecule has 0 spiro atoms. The van der Waals surface area contributed by atoms with E-state index in [0.29, 0.717) is 0 Å².